The number of nitrogens with two attached hydrogens (primary N) is 1. The van der Waals surface area contributed by atoms with Crippen molar-refractivity contribution in [2.75, 3.05) is 17.2 Å². The first-order chi connectivity index (χ1) is 9.67. The minimum Gasteiger partial charge on any atom is -0.478 e. The molecule has 1 aromatic carbocycles. The van der Waals surface area contributed by atoms with Crippen LogP contribution in [0.1, 0.15) is 16.8 Å². The number of amides is 1. The molecular weight excluding hydrogens is 320 g/mol. The van der Waals surface area contributed by atoms with Crippen molar-refractivity contribution >= 4 is 39.2 Å². The fourth-order valence-electron chi connectivity index (χ4n) is 2.37. The van der Waals surface area contributed by atoms with Crippen LogP contribution >= 0.6 is 11.6 Å². The fourth-order valence-corrected chi connectivity index (χ4v) is 3.42. The Bertz CT molecular complexity index is 704. The van der Waals surface area contributed by atoms with E-state index in [0.29, 0.717) is 0 Å². The van der Waals surface area contributed by atoms with Crippen LogP contribution in [0.3, 0.4) is 0 Å². The molecule has 3 N–H and O–H groups in total. The first-order valence-electron chi connectivity index (χ1n) is 6.01. The largest absolute Gasteiger partial charge is 0.478 e. The van der Waals surface area contributed by atoms with Crippen LogP contribution in [0.25, 0.3) is 0 Å². The molecule has 0 radical (unpaired) electrons. The lowest BCUT2D eigenvalue weighted by molar-refractivity contribution is -0.117. The number of aromatic carboxylic acids is 1. The van der Waals surface area contributed by atoms with Gasteiger partial charge in [-0.15, -0.1) is 0 Å². The van der Waals surface area contributed by atoms with E-state index in [1.54, 1.807) is 0 Å². The molecule has 1 unspecified atom stereocenters. The summed E-state index contributed by atoms with van der Waals surface area (Å²) in [5.41, 5.74) is 0.0981. The zero-order valence-corrected chi connectivity index (χ0v) is 12.4. The molecule has 21 heavy (non-hydrogen) atoms. The maximum Gasteiger partial charge on any atom is 0.337 e. The van der Waals surface area contributed by atoms with Crippen LogP contribution in [0.4, 0.5) is 5.69 Å². The quantitative estimate of drug-likeness (QED) is 0.840. The van der Waals surface area contributed by atoms with Crippen LogP contribution in [0.5, 0.6) is 0 Å². The summed E-state index contributed by atoms with van der Waals surface area (Å²) in [5, 5.41) is 14.4. The van der Waals surface area contributed by atoms with Gasteiger partial charge in [-0.3, -0.25) is 4.79 Å². The number of hydrogen-bond acceptors (Lipinski definition) is 4. The van der Waals surface area contributed by atoms with Gasteiger partial charge in [0.25, 0.3) is 0 Å². The molecule has 0 bridgehead atoms. The zero-order chi connectivity index (χ0) is 15.8. The lowest BCUT2D eigenvalue weighted by atomic mass is 10.1. The van der Waals surface area contributed by atoms with Crippen molar-refractivity contribution in [1.29, 1.82) is 0 Å². The molecule has 1 aromatic rings. The van der Waals surface area contributed by atoms with Crippen molar-refractivity contribution < 1.29 is 23.1 Å². The molecule has 0 aliphatic carbocycles. The van der Waals surface area contributed by atoms with E-state index >= 15 is 0 Å². The molecule has 2 rings (SSSR count). The SMILES string of the molecule is NS(=O)(=O)CC1CC(=O)N(c2ccc(Cl)cc2C(=O)O)C1. The van der Waals surface area contributed by atoms with Gasteiger partial charge in [0.2, 0.25) is 15.9 Å². The summed E-state index contributed by atoms with van der Waals surface area (Å²) in [5.74, 6) is -2.32. The van der Waals surface area contributed by atoms with E-state index in [1.165, 1.54) is 23.1 Å². The van der Waals surface area contributed by atoms with Gasteiger partial charge < -0.3 is 10.0 Å². The third-order valence-corrected chi connectivity index (χ3v) is 4.32. The van der Waals surface area contributed by atoms with E-state index in [2.05, 4.69) is 0 Å². The summed E-state index contributed by atoms with van der Waals surface area (Å²) >= 11 is 5.76. The average Bonchev–Trinajstić information content (AvgIpc) is 2.67. The Morgan fingerprint density at radius 3 is 2.71 bits per heavy atom. The van der Waals surface area contributed by atoms with Crippen LogP contribution < -0.4 is 10.0 Å². The lowest BCUT2D eigenvalue weighted by Gasteiger charge is -2.19. The van der Waals surface area contributed by atoms with Gasteiger partial charge in [-0.2, -0.15) is 0 Å². The smallest absolute Gasteiger partial charge is 0.337 e. The Morgan fingerprint density at radius 2 is 2.14 bits per heavy atom. The fraction of sp³-hybridized carbons (Fsp3) is 0.333. The molecule has 1 atom stereocenters. The average molecular weight is 333 g/mol. The van der Waals surface area contributed by atoms with E-state index < -0.39 is 21.9 Å². The van der Waals surface area contributed by atoms with Gasteiger partial charge in [0.05, 0.1) is 17.0 Å². The molecule has 1 amide bonds. The van der Waals surface area contributed by atoms with Crippen molar-refractivity contribution in [3.8, 4) is 0 Å². The van der Waals surface area contributed by atoms with E-state index in [-0.39, 0.29) is 40.9 Å². The predicted molar refractivity (Wildman–Crippen MR) is 76.8 cm³/mol. The van der Waals surface area contributed by atoms with Crippen molar-refractivity contribution in [3.63, 3.8) is 0 Å². The Kier molecular flexibility index (Phi) is 4.22. The highest BCUT2D eigenvalue weighted by Gasteiger charge is 2.34. The third-order valence-electron chi connectivity index (χ3n) is 3.15. The Balaban J connectivity index is 2.31. The number of hydrogen-bond donors (Lipinski definition) is 2. The second kappa shape index (κ2) is 5.63. The maximum atomic E-state index is 12.0. The topological polar surface area (TPSA) is 118 Å². The molecule has 7 nitrogen and oxygen atoms in total. The highest BCUT2D eigenvalue weighted by molar-refractivity contribution is 7.89. The standard InChI is InChI=1S/C12H13ClN2O5S/c13-8-1-2-10(9(4-8)12(17)18)15-5-7(3-11(15)16)6-21(14,19)20/h1-2,4,7H,3,5-6H2,(H,17,18)(H2,14,19,20). The number of primary sulfonamides is 1. The molecule has 0 aromatic heterocycles. The minimum atomic E-state index is -3.69. The minimum absolute atomic E-state index is 0.0120. The number of carboxylic acids is 1. The van der Waals surface area contributed by atoms with Gasteiger partial charge in [-0.1, -0.05) is 11.6 Å². The Labute approximate surface area is 126 Å². The van der Waals surface area contributed by atoms with Crippen LogP contribution in [0.15, 0.2) is 18.2 Å². The lowest BCUT2D eigenvalue weighted by Crippen LogP contribution is -2.28. The maximum absolute atomic E-state index is 12.0. The van der Waals surface area contributed by atoms with Gasteiger partial charge in [0, 0.05) is 23.9 Å². The first-order valence-corrected chi connectivity index (χ1v) is 8.10. The zero-order valence-electron chi connectivity index (χ0n) is 10.8. The molecule has 0 spiro atoms. The van der Waals surface area contributed by atoms with Crippen molar-refractivity contribution in [3.05, 3.63) is 28.8 Å². The van der Waals surface area contributed by atoms with E-state index in [9.17, 15) is 23.1 Å². The van der Waals surface area contributed by atoms with Gasteiger partial charge >= 0.3 is 5.97 Å². The second-order valence-corrected chi connectivity index (χ2v) is 6.97. The molecule has 1 aliphatic rings. The number of rotatable bonds is 4. The van der Waals surface area contributed by atoms with Crippen LogP contribution in [-0.4, -0.2) is 37.7 Å². The molecule has 1 saturated heterocycles. The van der Waals surface area contributed by atoms with E-state index in [4.69, 9.17) is 16.7 Å². The molecule has 1 fully saturated rings. The molecular formula is C12H13ClN2O5S. The van der Waals surface area contributed by atoms with Gasteiger partial charge in [-0.05, 0) is 18.2 Å². The van der Waals surface area contributed by atoms with Crippen LogP contribution in [0, 0.1) is 5.92 Å². The highest BCUT2D eigenvalue weighted by atomic mass is 35.5. The van der Waals surface area contributed by atoms with Gasteiger partial charge in [0.1, 0.15) is 0 Å². The normalized spacial score (nSPS) is 19.0. The Hall–Kier alpha value is -1.64. The molecule has 0 saturated carbocycles. The van der Waals surface area contributed by atoms with E-state index in [1.807, 2.05) is 0 Å². The van der Waals surface area contributed by atoms with E-state index in [0.717, 1.165) is 0 Å². The number of nitrogens with zero attached hydrogens (tertiary/aromatic N) is 1. The summed E-state index contributed by atoms with van der Waals surface area (Å²) in [4.78, 5) is 24.5. The second-order valence-electron chi connectivity index (χ2n) is 4.87. The van der Waals surface area contributed by atoms with Crippen molar-refractivity contribution in [2.24, 2.45) is 11.1 Å². The monoisotopic (exact) mass is 332 g/mol. The predicted octanol–water partition coefficient (Wildman–Crippen LogP) is 0.680. The third kappa shape index (κ3) is 3.72. The summed E-state index contributed by atoms with van der Waals surface area (Å²) in [6, 6.07) is 4.16. The first kappa shape index (κ1) is 15.7. The number of carboxylic acid groups (broad SMARTS) is 1. The molecule has 1 aliphatic heterocycles. The highest BCUT2D eigenvalue weighted by Crippen LogP contribution is 2.30. The van der Waals surface area contributed by atoms with Crippen molar-refractivity contribution in [2.45, 2.75) is 6.42 Å². The molecule has 9 heteroatoms. The molecule has 1 heterocycles. The van der Waals surface area contributed by atoms with Crippen LogP contribution in [0.2, 0.25) is 5.02 Å². The number of carbonyl (C=O) groups excluding carboxylic acids is 1. The van der Waals surface area contributed by atoms with Gasteiger partial charge in [0.15, 0.2) is 0 Å². The summed E-state index contributed by atoms with van der Waals surface area (Å²) < 4.78 is 22.2. The van der Waals surface area contributed by atoms with Crippen LogP contribution in [-0.2, 0) is 14.8 Å². The number of halogens is 1. The molecule has 114 valence electrons. The summed E-state index contributed by atoms with van der Waals surface area (Å²) in [7, 11) is -3.69. The Morgan fingerprint density at radius 1 is 1.48 bits per heavy atom. The number of sulfonamides is 1. The number of carbonyl (C=O) groups is 2. The number of benzene rings is 1. The summed E-state index contributed by atoms with van der Waals surface area (Å²) in [6.07, 6.45) is 0.0120. The van der Waals surface area contributed by atoms with Gasteiger partial charge in [-0.25, -0.2) is 18.4 Å². The van der Waals surface area contributed by atoms with Crippen molar-refractivity contribution in [1.82, 2.24) is 0 Å². The summed E-state index contributed by atoms with van der Waals surface area (Å²) in [6.45, 7) is 0.108. The number of anilines is 1.